The van der Waals surface area contributed by atoms with Crippen molar-refractivity contribution in [2.75, 3.05) is 25.2 Å². The summed E-state index contributed by atoms with van der Waals surface area (Å²) in [6.07, 6.45) is 0.966. The molecule has 2 aromatic carbocycles. The molecule has 1 unspecified atom stereocenters. The van der Waals surface area contributed by atoms with Crippen molar-refractivity contribution in [3.05, 3.63) is 48.5 Å². The zero-order valence-electron chi connectivity index (χ0n) is 13.9. The van der Waals surface area contributed by atoms with E-state index in [9.17, 15) is 4.79 Å². The van der Waals surface area contributed by atoms with Gasteiger partial charge in [0.1, 0.15) is 11.5 Å². The monoisotopic (exact) mass is 343 g/mol. The Balaban J connectivity index is 1.70. The molecule has 0 saturated heterocycles. The van der Waals surface area contributed by atoms with Gasteiger partial charge in [-0.15, -0.1) is 11.8 Å². The number of methoxy groups -OCH3 is 1. The largest absolute Gasteiger partial charge is 0.497 e. The van der Waals surface area contributed by atoms with Crippen LogP contribution in [0.1, 0.15) is 13.3 Å². The molecule has 5 heteroatoms. The number of fused-ring (bicyclic) bond motifs is 1. The Kier molecular flexibility index (Phi) is 5.30. The summed E-state index contributed by atoms with van der Waals surface area (Å²) in [7, 11) is 1.62. The third kappa shape index (κ3) is 3.85. The second-order valence-electron chi connectivity index (χ2n) is 5.69. The van der Waals surface area contributed by atoms with Crippen molar-refractivity contribution in [1.82, 2.24) is 0 Å². The molecule has 1 aliphatic heterocycles. The molecule has 0 N–H and O–H groups in total. The Labute approximate surface area is 146 Å². The van der Waals surface area contributed by atoms with Crippen LogP contribution in [0.4, 0.5) is 5.69 Å². The van der Waals surface area contributed by atoms with Gasteiger partial charge in [-0.3, -0.25) is 4.79 Å². The van der Waals surface area contributed by atoms with Gasteiger partial charge in [-0.05, 0) is 42.8 Å². The highest BCUT2D eigenvalue weighted by molar-refractivity contribution is 8.00. The van der Waals surface area contributed by atoms with Crippen LogP contribution in [0.3, 0.4) is 0 Å². The first kappa shape index (κ1) is 16.7. The lowest BCUT2D eigenvalue weighted by Gasteiger charge is -2.22. The molecule has 0 aliphatic carbocycles. The van der Waals surface area contributed by atoms with E-state index >= 15 is 0 Å². The zero-order chi connectivity index (χ0) is 16.9. The maximum absolute atomic E-state index is 12.7. The van der Waals surface area contributed by atoms with Crippen LogP contribution >= 0.6 is 11.8 Å². The van der Waals surface area contributed by atoms with Crippen LogP contribution < -0.4 is 14.4 Å². The molecule has 1 amide bonds. The Morgan fingerprint density at radius 3 is 2.62 bits per heavy atom. The first-order chi connectivity index (χ1) is 11.7. The Morgan fingerprint density at radius 1 is 1.17 bits per heavy atom. The van der Waals surface area contributed by atoms with Crippen LogP contribution in [0.2, 0.25) is 0 Å². The van der Waals surface area contributed by atoms with E-state index in [1.165, 1.54) is 0 Å². The second-order valence-corrected chi connectivity index (χ2v) is 7.17. The maximum atomic E-state index is 12.7. The summed E-state index contributed by atoms with van der Waals surface area (Å²) in [6.45, 7) is 2.94. The topological polar surface area (TPSA) is 38.8 Å². The van der Waals surface area contributed by atoms with E-state index < -0.39 is 0 Å². The maximum Gasteiger partial charge on any atom is 0.264 e. The zero-order valence-corrected chi connectivity index (χ0v) is 14.7. The standard InChI is InChI=1S/C19H21NO3S/c1-14-11-12-20(17-5-3-4-6-18(17)24-14)19(21)13-23-16-9-7-15(22-2)8-10-16/h3-10,14H,11-13H2,1-2H3. The van der Waals surface area contributed by atoms with Gasteiger partial charge < -0.3 is 14.4 Å². The SMILES string of the molecule is COc1ccc(OCC(=O)N2CCC(C)Sc3ccccc32)cc1. The molecule has 0 saturated carbocycles. The number of nitrogens with zero attached hydrogens (tertiary/aromatic N) is 1. The van der Waals surface area contributed by atoms with Crippen LogP contribution in [0, 0.1) is 0 Å². The number of anilines is 1. The van der Waals surface area contributed by atoms with Crippen LogP contribution in [-0.4, -0.2) is 31.4 Å². The van der Waals surface area contributed by atoms with Gasteiger partial charge in [0.15, 0.2) is 6.61 Å². The van der Waals surface area contributed by atoms with Crippen molar-refractivity contribution >= 4 is 23.4 Å². The first-order valence-corrected chi connectivity index (χ1v) is 8.88. The molecule has 0 aromatic heterocycles. The third-order valence-corrected chi connectivity index (χ3v) is 5.20. The molecule has 0 bridgehead atoms. The molecule has 4 nitrogen and oxygen atoms in total. The van der Waals surface area contributed by atoms with Crippen LogP contribution in [-0.2, 0) is 4.79 Å². The number of hydrogen-bond donors (Lipinski definition) is 0. The molecule has 0 spiro atoms. The van der Waals surface area contributed by atoms with E-state index in [-0.39, 0.29) is 12.5 Å². The summed E-state index contributed by atoms with van der Waals surface area (Å²) in [5, 5.41) is 0.492. The molecular formula is C19H21NO3S. The fraction of sp³-hybridized carbons (Fsp3) is 0.316. The lowest BCUT2D eigenvalue weighted by atomic mass is 10.2. The van der Waals surface area contributed by atoms with Gasteiger partial charge in [-0.1, -0.05) is 19.1 Å². The molecule has 1 heterocycles. The smallest absolute Gasteiger partial charge is 0.264 e. The third-order valence-electron chi connectivity index (χ3n) is 3.97. The Bertz CT molecular complexity index is 702. The molecule has 24 heavy (non-hydrogen) atoms. The van der Waals surface area contributed by atoms with E-state index in [0.717, 1.165) is 29.3 Å². The average molecular weight is 343 g/mol. The molecule has 1 aliphatic rings. The lowest BCUT2D eigenvalue weighted by molar-refractivity contribution is -0.120. The summed E-state index contributed by atoms with van der Waals surface area (Å²) in [4.78, 5) is 15.7. The molecular weight excluding hydrogens is 322 g/mol. The summed E-state index contributed by atoms with van der Waals surface area (Å²) in [5.74, 6) is 1.41. The molecule has 0 fully saturated rings. The quantitative estimate of drug-likeness (QED) is 0.841. The van der Waals surface area contributed by atoms with Gasteiger partial charge >= 0.3 is 0 Å². The summed E-state index contributed by atoms with van der Waals surface area (Å²) in [6, 6.07) is 15.3. The fourth-order valence-electron chi connectivity index (χ4n) is 2.64. The Morgan fingerprint density at radius 2 is 1.88 bits per heavy atom. The predicted molar refractivity (Wildman–Crippen MR) is 97.2 cm³/mol. The minimum atomic E-state index is -0.0204. The second kappa shape index (κ2) is 7.62. The van der Waals surface area contributed by atoms with Crippen molar-refractivity contribution in [3.63, 3.8) is 0 Å². The minimum absolute atomic E-state index is 0.0204. The van der Waals surface area contributed by atoms with Crippen molar-refractivity contribution in [2.24, 2.45) is 0 Å². The number of carbonyl (C=O) groups excluding carboxylic acids is 1. The van der Waals surface area contributed by atoms with E-state index in [0.29, 0.717) is 11.0 Å². The van der Waals surface area contributed by atoms with Gasteiger partial charge in [0, 0.05) is 16.7 Å². The highest BCUT2D eigenvalue weighted by Crippen LogP contribution is 2.37. The van der Waals surface area contributed by atoms with Crippen LogP contribution in [0.25, 0.3) is 0 Å². The predicted octanol–water partition coefficient (Wildman–Crippen LogP) is 3.99. The molecule has 3 rings (SSSR count). The minimum Gasteiger partial charge on any atom is -0.497 e. The van der Waals surface area contributed by atoms with Gasteiger partial charge in [-0.25, -0.2) is 0 Å². The highest BCUT2D eigenvalue weighted by atomic mass is 32.2. The number of ether oxygens (including phenoxy) is 2. The van der Waals surface area contributed by atoms with Crippen molar-refractivity contribution in [2.45, 2.75) is 23.5 Å². The number of thioether (sulfide) groups is 1. The van der Waals surface area contributed by atoms with Crippen molar-refractivity contribution < 1.29 is 14.3 Å². The van der Waals surface area contributed by atoms with Crippen LogP contribution in [0.5, 0.6) is 11.5 Å². The van der Waals surface area contributed by atoms with E-state index in [1.807, 2.05) is 47.0 Å². The fourth-order valence-corrected chi connectivity index (χ4v) is 3.75. The highest BCUT2D eigenvalue weighted by Gasteiger charge is 2.24. The van der Waals surface area contributed by atoms with Crippen molar-refractivity contribution in [1.29, 1.82) is 0 Å². The molecule has 2 aromatic rings. The van der Waals surface area contributed by atoms with Gasteiger partial charge in [0.2, 0.25) is 0 Å². The number of hydrogen-bond acceptors (Lipinski definition) is 4. The van der Waals surface area contributed by atoms with Gasteiger partial charge in [-0.2, -0.15) is 0 Å². The average Bonchev–Trinajstić information content (AvgIpc) is 2.78. The van der Waals surface area contributed by atoms with E-state index in [4.69, 9.17) is 9.47 Å². The van der Waals surface area contributed by atoms with Gasteiger partial charge in [0.05, 0.1) is 12.8 Å². The van der Waals surface area contributed by atoms with E-state index in [2.05, 4.69) is 13.0 Å². The number of para-hydroxylation sites is 1. The number of rotatable bonds is 4. The molecule has 0 radical (unpaired) electrons. The summed E-state index contributed by atoms with van der Waals surface area (Å²) in [5.41, 5.74) is 0.982. The Hall–Kier alpha value is -2.14. The summed E-state index contributed by atoms with van der Waals surface area (Å²) >= 11 is 1.82. The first-order valence-electron chi connectivity index (χ1n) is 8.00. The summed E-state index contributed by atoms with van der Waals surface area (Å²) < 4.78 is 10.8. The number of amides is 1. The lowest BCUT2D eigenvalue weighted by Crippen LogP contribution is -2.36. The van der Waals surface area contributed by atoms with Gasteiger partial charge in [0.25, 0.3) is 5.91 Å². The molecule has 1 atom stereocenters. The molecule has 126 valence electrons. The number of benzene rings is 2. The van der Waals surface area contributed by atoms with E-state index in [1.54, 1.807) is 19.2 Å². The normalized spacial score (nSPS) is 16.9. The van der Waals surface area contributed by atoms with Crippen LogP contribution in [0.15, 0.2) is 53.4 Å². The number of carbonyl (C=O) groups is 1. The van der Waals surface area contributed by atoms with Crippen molar-refractivity contribution in [3.8, 4) is 11.5 Å².